The lowest BCUT2D eigenvalue weighted by Gasteiger charge is -2.11. The molecule has 0 fully saturated rings. The number of fused-ring (bicyclic) bond motifs is 3. The van der Waals surface area contributed by atoms with E-state index in [1.165, 1.54) is 18.7 Å². The third-order valence-electron chi connectivity index (χ3n) is 4.88. The molecule has 2 aromatic carbocycles. The van der Waals surface area contributed by atoms with Gasteiger partial charge >= 0.3 is 0 Å². The number of allylic oxidation sites excluding steroid dienone is 1. The maximum absolute atomic E-state index is 12.6. The number of carbonyl (C=O) groups excluding carboxylic acids is 2. The van der Waals surface area contributed by atoms with Crippen molar-refractivity contribution in [3.8, 4) is 0 Å². The third kappa shape index (κ3) is 4.20. The highest BCUT2D eigenvalue weighted by Crippen LogP contribution is 2.28. The molecule has 0 aliphatic carbocycles. The molecule has 0 aliphatic heterocycles. The number of anilines is 1. The van der Waals surface area contributed by atoms with Crippen LogP contribution in [0.3, 0.4) is 0 Å². The molecule has 1 unspecified atom stereocenters. The minimum absolute atomic E-state index is 0.0179. The van der Waals surface area contributed by atoms with E-state index < -0.39 is 5.25 Å². The fourth-order valence-corrected chi connectivity index (χ4v) is 4.01. The summed E-state index contributed by atoms with van der Waals surface area (Å²) in [6.07, 6.45) is 1.81. The summed E-state index contributed by atoms with van der Waals surface area (Å²) in [5.74, 6) is -0.202. The van der Waals surface area contributed by atoms with Crippen LogP contribution >= 0.6 is 11.8 Å². The number of para-hydroxylation sites is 1. The van der Waals surface area contributed by atoms with Crippen LogP contribution in [0.4, 0.5) is 5.69 Å². The highest BCUT2D eigenvalue weighted by Gasteiger charge is 2.19. The number of hydrogen-bond acceptors (Lipinski definition) is 6. The van der Waals surface area contributed by atoms with Crippen molar-refractivity contribution in [1.82, 2.24) is 19.7 Å². The summed E-state index contributed by atoms with van der Waals surface area (Å²) >= 11 is 1.24. The Balaban J connectivity index is 1.55. The molecule has 0 bridgehead atoms. The summed E-state index contributed by atoms with van der Waals surface area (Å²) in [5.41, 5.74) is 3.68. The second-order valence-electron chi connectivity index (χ2n) is 7.07. The zero-order chi connectivity index (χ0) is 22.0. The smallest absolute Gasteiger partial charge is 0.237 e. The molecule has 4 rings (SSSR count). The number of rotatable bonds is 7. The van der Waals surface area contributed by atoms with Crippen LogP contribution in [0.15, 0.2) is 66.3 Å². The number of Topliss-reactive ketones (excluding diaryl/α,β-unsaturated/α-hetero) is 1. The van der Waals surface area contributed by atoms with Crippen LogP contribution in [0.1, 0.15) is 24.2 Å². The predicted molar refractivity (Wildman–Crippen MR) is 123 cm³/mol. The van der Waals surface area contributed by atoms with E-state index in [0.717, 1.165) is 16.4 Å². The Hall–Kier alpha value is -3.52. The Labute approximate surface area is 183 Å². The Morgan fingerprint density at radius 2 is 1.90 bits per heavy atom. The van der Waals surface area contributed by atoms with E-state index in [-0.39, 0.29) is 11.7 Å². The third-order valence-corrected chi connectivity index (χ3v) is 5.83. The van der Waals surface area contributed by atoms with Gasteiger partial charge in [0.1, 0.15) is 5.52 Å². The molecule has 0 saturated carbocycles. The Kier molecular flexibility index (Phi) is 5.81. The first-order valence-electron chi connectivity index (χ1n) is 9.79. The molecule has 0 spiro atoms. The molecule has 0 aliphatic rings. The molecule has 8 heteroatoms. The van der Waals surface area contributed by atoms with Crippen LogP contribution in [0, 0.1) is 0 Å². The van der Waals surface area contributed by atoms with E-state index in [1.54, 1.807) is 31.2 Å². The van der Waals surface area contributed by atoms with Gasteiger partial charge in [0.15, 0.2) is 11.4 Å². The molecule has 7 nitrogen and oxygen atoms in total. The first-order chi connectivity index (χ1) is 15.0. The highest BCUT2D eigenvalue weighted by atomic mass is 32.2. The van der Waals surface area contributed by atoms with Gasteiger partial charge in [0.25, 0.3) is 0 Å². The van der Waals surface area contributed by atoms with Crippen molar-refractivity contribution in [1.29, 1.82) is 0 Å². The lowest BCUT2D eigenvalue weighted by Crippen LogP contribution is -2.22. The summed E-state index contributed by atoms with van der Waals surface area (Å²) < 4.78 is 2.04. The minimum atomic E-state index is -0.441. The predicted octanol–water partition coefficient (Wildman–Crippen LogP) is 4.49. The molecule has 2 heterocycles. The average Bonchev–Trinajstić information content (AvgIpc) is 3.07. The van der Waals surface area contributed by atoms with Gasteiger partial charge in [-0.2, -0.15) is 0 Å². The molecular formula is C23H21N5O2S. The van der Waals surface area contributed by atoms with Crippen molar-refractivity contribution < 1.29 is 9.59 Å². The number of ketones is 1. The molecule has 1 amide bonds. The van der Waals surface area contributed by atoms with Crippen LogP contribution in [-0.2, 0) is 11.3 Å². The van der Waals surface area contributed by atoms with Crippen molar-refractivity contribution in [3.63, 3.8) is 0 Å². The van der Waals surface area contributed by atoms with E-state index in [9.17, 15) is 9.59 Å². The van der Waals surface area contributed by atoms with Crippen LogP contribution < -0.4 is 5.32 Å². The quantitative estimate of drug-likeness (QED) is 0.263. The van der Waals surface area contributed by atoms with E-state index in [4.69, 9.17) is 0 Å². The summed E-state index contributed by atoms with van der Waals surface area (Å²) in [6, 6.07) is 14.7. The van der Waals surface area contributed by atoms with E-state index in [1.807, 2.05) is 34.9 Å². The van der Waals surface area contributed by atoms with Gasteiger partial charge < -0.3 is 9.88 Å². The maximum Gasteiger partial charge on any atom is 0.237 e. The topological polar surface area (TPSA) is 89.8 Å². The number of aromatic nitrogens is 4. The molecule has 2 aromatic heterocycles. The van der Waals surface area contributed by atoms with Crippen molar-refractivity contribution in [2.75, 3.05) is 5.32 Å². The zero-order valence-electron chi connectivity index (χ0n) is 17.2. The second kappa shape index (κ2) is 8.69. The maximum atomic E-state index is 12.6. The number of carbonyl (C=O) groups is 2. The molecule has 1 N–H and O–H groups in total. The van der Waals surface area contributed by atoms with Gasteiger partial charge in [0.2, 0.25) is 11.1 Å². The molecular weight excluding hydrogens is 410 g/mol. The van der Waals surface area contributed by atoms with Gasteiger partial charge in [-0.15, -0.1) is 16.8 Å². The first-order valence-corrected chi connectivity index (χ1v) is 10.7. The van der Waals surface area contributed by atoms with Gasteiger partial charge in [0.05, 0.1) is 10.8 Å². The average molecular weight is 432 g/mol. The lowest BCUT2D eigenvalue weighted by molar-refractivity contribution is -0.115. The van der Waals surface area contributed by atoms with Crippen molar-refractivity contribution >= 4 is 51.2 Å². The first kappa shape index (κ1) is 20.7. The van der Waals surface area contributed by atoms with Gasteiger partial charge in [-0.1, -0.05) is 36.0 Å². The molecule has 1 atom stereocenters. The molecule has 0 saturated heterocycles. The van der Waals surface area contributed by atoms with Crippen LogP contribution in [0.25, 0.3) is 22.1 Å². The monoisotopic (exact) mass is 431 g/mol. The van der Waals surface area contributed by atoms with E-state index >= 15 is 0 Å². The van der Waals surface area contributed by atoms with Crippen LogP contribution in [0.5, 0.6) is 0 Å². The summed E-state index contributed by atoms with van der Waals surface area (Å²) in [6.45, 7) is 7.73. The molecule has 4 aromatic rings. The van der Waals surface area contributed by atoms with Gasteiger partial charge in [-0.3, -0.25) is 9.59 Å². The fourth-order valence-electron chi connectivity index (χ4n) is 3.30. The Morgan fingerprint density at radius 1 is 1.16 bits per heavy atom. The summed E-state index contributed by atoms with van der Waals surface area (Å²) in [7, 11) is 0. The standard InChI is InChI=1S/C23H21N5O2S/c1-4-13-28-19-8-6-5-7-18(19)20-21(28)25-23(27-26-20)31-15(3)22(30)24-17-11-9-16(10-12-17)14(2)29/h4-12,15H,1,13H2,2-3H3,(H,24,30). The van der Waals surface area contributed by atoms with Crippen molar-refractivity contribution in [2.24, 2.45) is 0 Å². The van der Waals surface area contributed by atoms with E-state index in [0.29, 0.717) is 28.6 Å². The van der Waals surface area contributed by atoms with Crippen molar-refractivity contribution in [3.05, 3.63) is 66.7 Å². The SMILES string of the molecule is C=CCn1c2ccccc2c2nnc(SC(C)C(=O)Nc3ccc(C(C)=O)cc3)nc21. The fraction of sp³-hybridized carbons (Fsp3) is 0.174. The number of hydrogen-bond donors (Lipinski definition) is 1. The largest absolute Gasteiger partial charge is 0.325 e. The van der Waals surface area contributed by atoms with Gasteiger partial charge in [0, 0.05) is 23.2 Å². The summed E-state index contributed by atoms with van der Waals surface area (Å²) in [4.78, 5) is 28.7. The molecule has 156 valence electrons. The lowest BCUT2D eigenvalue weighted by atomic mass is 10.1. The summed E-state index contributed by atoms with van der Waals surface area (Å²) in [5, 5.41) is 12.4. The number of nitrogens with one attached hydrogen (secondary N) is 1. The Bertz CT molecular complexity index is 1300. The molecule has 0 radical (unpaired) electrons. The van der Waals surface area contributed by atoms with Gasteiger partial charge in [-0.25, -0.2) is 4.98 Å². The number of nitrogens with zero attached hydrogens (tertiary/aromatic N) is 4. The molecule has 31 heavy (non-hydrogen) atoms. The Morgan fingerprint density at radius 3 is 2.61 bits per heavy atom. The second-order valence-corrected chi connectivity index (χ2v) is 8.37. The zero-order valence-corrected chi connectivity index (χ0v) is 18.0. The van der Waals surface area contributed by atoms with Crippen molar-refractivity contribution in [2.45, 2.75) is 30.8 Å². The highest BCUT2D eigenvalue weighted by molar-refractivity contribution is 8.00. The number of thioether (sulfide) groups is 1. The van der Waals surface area contributed by atoms with Gasteiger partial charge in [-0.05, 0) is 44.2 Å². The van der Waals surface area contributed by atoms with E-state index in [2.05, 4.69) is 27.1 Å². The van der Waals surface area contributed by atoms with Crippen LogP contribution in [-0.4, -0.2) is 36.7 Å². The normalized spacial score (nSPS) is 12.1. The van der Waals surface area contributed by atoms with Crippen LogP contribution in [0.2, 0.25) is 0 Å². The minimum Gasteiger partial charge on any atom is -0.325 e. The number of amides is 1. The number of benzene rings is 2.